The van der Waals surface area contributed by atoms with Crippen LogP contribution >= 0.6 is 0 Å². The minimum atomic E-state index is -0.768. The Morgan fingerprint density at radius 3 is 2.73 bits per heavy atom. The summed E-state index contributed by atoms with van der Waals surface area (Å²) in [7, 11) is 0. The van der Waals surface area contributed by atoms with Gasteiger partial charge in [0.25, 0.3) is 5.91 Å². The molecule has 6 heteroatoms. The van der Waals surface area contributed by atoms with Crippen molar-refractivity contribution in [1.82, 2.24) is 15.2 Å². The average Bonchev–Trinajstić information content (AvgIpc) is 2.29. The van der Waals surface area contributed by atoms with Gasteiger partial charge in [-0.1, -0.05) is 0 Å². The van der Waals surface area contributed by atoms with Crippen LogP contribution in [0.2, 0.25) is 0 Å². The van der Waals surface area contributed by atoms with Crippen LogP contribution in [0.15, 0.2) is 6.17 Å². The van der Waals surface area contributed by atoms with Gasteiger partial charge in [0.1, 0.15) is 0 Å². The lowest BCUT2D eigenvalue weighted by Gasteiger charge is -2.25. The van der Waals surface area contributed by atoms with Crippen molar-refractivity contribution in [3.8, 4) is 0 Å². The molecule has 15 heavy (non-hydrogen) atoms. The second-order valence-electron chi connectivity index (χ2n) is 3.48. The number of carbonyl (C=O) groups excluding carboxylic acids is 1. The molecule has 2 heterocycles. The Kier molecular flexibility index (Phi) is 2.40. The van der Waals surface area contributed by atoms with Gasteiger partial charge in [-0.3, -0.25) is 4.79 Å². The highest BCUT2D eigenvalue weighted by atomic mass is 16.1. The topological polar surface area (TPSA) is 85.0 Å². The first-order valence-electron chi connectivity index (χ1n) is 5.44. The van der Waals surface area contributed by atoms with Crippen LogP contribution in [0, 0.1) is 0 Å². The summed E-state index contributed by atoms with van der Waals surface area (Å²) in [6.45, 7) is 1.74. The number of piperidine rings is 1. The van der Waals surface area contributed by atoms with Gasteiger partial charge >= 0.3 is 0 Å². The molecule has 0 bridgehead atoms. The maximum atomic E-state index is 10.9. The zero-order chi connectivity index (χ0) is 11.5. The highest BCUT2D eigenvalue weighted by molar-refractivity contribution is 5.90. The monoisotopic (exact) mass is 208 g/mol. The maximum absolute atomic E-state index is 10.9. The summed E-state index contributed by atoms with van der Waals surface area (Å²) in [6.07, 6.45) is 3.18. The summed E-state index contributed by atoms with van der Waals surface area (Å²) in [5, 5.41) is 7.47. The van der Waals surface area contributed by atoms with Gasteiger partial charge in [-0.2, -0.15) is 0 Å². The van der Waals surface area contributed by atoms with Gasteiger partial charge in [0, 0.05) is 13.1 Å². The normalized spacial score (nSPS) is 17.3. The van der Waals surface area contributed by atoms with E-state index in [-0.39, 0.29) is 11.9 Å². The highest BCUT2D eigenvalue weighted by Crippen LogP contribution is 2.13. The minimum absolute atomic E-state index is 0.180. The van der Waals surface area contributed by atoms with E-state index in [0.29, 0.717) is 5.95 Å². The summed E-state index contributed by atoms with van der Waals surface area (Å²) in [6, 6.07) is 0. The Balaban J connectivity index is 2.23. The van der Waals surface area contributed by atoms with E-state index < -0.39 is 5.91 Å². The lowest BCUT2D eigenvalue weighted by Crippen LogP contribution is -2.31. The van der Waals surface area contributed by atoms with Crippen LogP contribution in [0.4, 0.5) is 5.95 Å². The number of anilines is 1. The fourth-order valence-corrected chi connectivity index (χ4v) is 1.57. The predicted octanol–water partition coefficient (Wildman–Crippen LogP) is -0.0392. The maximum Gasteiger partial charge on any atom is 0.270 e. The SMILES string of the molecule is [2H]c1nc(N2CCCCC2)nnc1C(N)=O. The second kappa shape index (κ2) is 4.20. The molecule has 1 aliphatic heterocycles. The molecule has 0 radical (unpaired) electrons. The summed E-state index contributed by atoms with van der Waals surface area (Å²) in [5.74, 6) is -0.357. The van der Waals surface area contributed by atoms with Crippen molar-refractivity contribution in [3.05, 3.63) is 11.9 Å². The third kappa shape index (κ3) is 2.20. The number of amides is 1. The molecule has 1 saturated heterocycles. The van der Waals surface area contributed by atoms with E-state index in [0.717, 1.165) is 25.9 Å². The number of nitrogens with two attached hydrogens (primary N) is 1. The molecule has 0 spiro atoms. The summed E-state index contributed by atoms with van der Waals surface area (Å²) in [5.41, 5.74) is 4.85. The first-order chi connectivity index (χ1) is 7.68. The largest absolute Gasteiger partial charge is 0.364 e. The van der Waals surface area contributed by atoms with E-state index in [1.54, 1.807) is 0 Å². The van der Waals surface area contributed by atoms with Gasteiger partial charge in [0.2, 0.25) is 5.95 Å². The molecule has 0 saturated carbocycles. The van der Waals surface area contributed by atoms with E-state index in [2.05, 4.69) is 15.2 Å². The van der Waals surface area contributed by atoms with Crippen molar-refractivity contribution in [1.29, 1.82) is 0 Å². The molecule has 1 aliphatic rings. The van der Waals surface area contributed by atoms with E-state index in [9.17, 15) is 4.79 Å². The second-order valence-corrected chi connectivity index (χ2v) is 3.48. The van der Waals surface area contributed by atoms with Crippen molar-refractivity contribution < 1.29 is 6.17 Å². The number of primary amides is 1. The van der Waals surface area contributed by atoms with Crippen LogP contribution in [-0.2, 0) is 0 Å². The van der Waals surface area contributed by atoms with Crippen LogP contribution in [0.5, 0.6) is 0 Å². The number of rotatable bonds is 2. The number of hydrogen-bond donors (Lipinski definition) is 1. The molecule has 1 aromatic rings. The molecule has 0 aliphatic carbocycles. The molecule has 2 N–H and O–H groups in total. The fraction of sp³-hybridized carbons (Fsp3) is 0.556. The molecule has 1 aromatic heterocycles. The Labute approximate surface area is 88.9 Å². The Morgan fingerprint density at radius 2 is 2.13 bits per heavy atom. The molecule has 6 nitrogen and oxygen atoms in total. The number of aromatic nitrogens is 3. The average molecular weight is 208 g/mol. The fourth-order valence-electron chi connectivity index (χ4n) is 1.57. The van der Waals surface area contributed by atoms with E-state index in [4.69, 9.17) is 7.10 Å². The molecule has 0 atom stereocenters. The third-order valence-corrected chi connectivity index (χ3v) is 2.37. The molecular weight excluding hydrogens is 194 g/mol. The molecule has 1 amide bonds. The Bertz CT molecular complexity index is 405. The summed E-state index contributed by atoms with van der Waals surface area (Å²) < 4.78 is 7.52. The van der Waals surface area contributed by atoms with E-state index in [1.807, 2.05) is 4.90 Å². The quantitative estimate of drug-likeness (QED) is 0.737. The Hall–Kier alpha value is -1.72. The van der Waals surface area contributed by atoms with Gasteiger partial charge in [-0.25, -0.2) is 4.98 Å². The van der Waals surface area contributed by atoms with Crippen molar-refractivity contribution in [2.75, 3.05) is 18.0 Å². The van der Waals surface area contributed by atoms with E-state index >= 15 is 0 Å². The number of nitrogens with zero attached hydrogens (tertiary/aromatic N) is 4. The van der Waals surface area contributed by atoms with Crippen molar-refractivity contribution in [3.63, 3.8) is 0 Å². The van der Waals surface area contributed by atoms with E-state index in [1.165, 1.54) is 6.42 Å². The zero-order valence-electron chi connectivity index (χ0n) is 9.31. The first-order valence-corrected chi connectivity index (χ1v) is 4.94. The summed E-state index contributed by atoms with van der Waals surface area (Å²) in [4.78, 5) is 16.8. The predicted molar refractivity (Wildman–Crippen MR) is 54.4 cm³/mol. The lowest BCUT2D eigenvalue weighted by molar-refractivity contribution is 0.0994. The van der Waals surface area contributed by atoms with Crippen molar-refractivity contribution in [2.45, 2.75) is 19.3 Å². The minimum Gasteiger partial charge on any atom is -0.364 e. The number of hydrogen-bond acceptors (Lipinski definition) is 5. The molecule has 0 aromatic carbocycles. The van der Waals surface area contributed by atoms with Crippen LogP contribution < -0.4 is 10.6 Å². The van der Waals surface area contributed by atoms with Crippen LogP contribution in [-0.4, -0.2) is 34.2 Å². The molecular formula is C9H13N5O. The van der Waals surface area contributed by atoms with Crippen LogP contribution in [0.1, 0.15) is 31.1 Å². The standard InChI is InChI=1S/C9H13N5O/c10-8(15)7-6-11-9(13-12-7)14-4-2-1-3-5-14/h6H,1-5H2,(H2,10,15)/i6D. The van der Waals surface area contributed by atoms with Crippen LogP contribution in [0.25, 0.3) is 0 Å². The van der Waals surface area contributed by atoms with Gasteiger partial charge in [0.05, 0.1) is 7.54 Å². The van der Waals surface area contributed by atoms with Gasteiger partial charge in [-0.15, -0.1) is 10.2 Å². The highest BCUT2D eigenvalue weighted by Gasteiger charge is 2.14. The Morgan fingerprint density at radius 1 is 1.40 bits per heavy atom. The molecule has 1 fully saturated rings. The lowest BCUT2D eigenvalue weighted by atomic mass is 10.1. The van der Waals surface area contributed by atoms with Crippen molar-refractivity contribution in [2.24, 2.45) is 5.73 Å². The van der Waals surface area contributed by atoms with Gasteiger partial charge < -0.3 is 10.6 Å². The molecule has 80 valence electrons. The molecule has 2 rings (SSSR count). The van der Waals surface area contributed by atoms with Gasteiger partial charge in [-0.05, 0) is 19.3 Å². The third-order valence-electron chi connectivity index (χ3n) is 2.37. The van der Waals surface area contributed by atoms with Crippen LogP contribution in [0.3, 0.4) is 0 Å². The van der Waals surface area contributed by atoms with Gasteiger partial charge in [0.15, 0.2) is 5.69 Å². The zero-order valence-corrected chi connectivity index (χ0v) is 8.31. The molecule has 0 unspecified atom stereocenters. The smallest absolute Gasteiger partial charge is 0.270 e. The number of carbonyl (C=O) groups is 1. The van der Waals surface area contributed by atoms with Crippen molar-refractivity contribution >= 4 is 11.9 Å². The first kappa shape index (κ1) is 8.58. The summed E-state index contributed by atoms with van der Waals surface area (Å²) >= 11 is 0.